The van der Waals surface area contributed by atoms with E-state index in [1.807, 2.05) is 29.2 Å². The highest BCUT2D eigenvalue weighted by atomic mass is 32.2. The van der Waals surface area contributed by atoms with Crippen molar-refractivity contribution < 1.29 is 50.2 Å². The fourth-order valence-electron chi connectivity index (χ4n) is 8.84. The van der Waals surface area contributed by atoms with Crippen molar-refractivity contribution in [2.75, 3.05) is 57.5 Å². The Morgan fingerprint density at radius 2 is 1.52 bits per heavy atom. The molecule has 20 nitrogen and oxygen atoms in total. The van der Waals surface area contributed by atoms with Gasteiger partial charge in [0.25, 0.3) is 21.8 Å². The highest BCUT2D eigenvalue weighted by molar-refractivity contribution is 7.90. The molecule has 5 aromatic rings. The molecule has 5 heterocycles. The van der Waals surface area contributed by atoms with E-state index in [0.717, 1.165) is 12.0 Å². The van der Waals surface area contributed by atoms with Gasteiger partial charge in [0.2, 0.25) is 15.9 Å². The molecule has 0 saturated carbocycles. The number of piperidine rings is 1. The fraction of sp³-hybridized carbons (Fsp3) is 0.469. The largest absolute Gasteiger partial charge is 0.491 e. The number of pyridine rings is 1. The van der Waals surface area contributed by atoms with Gasteiger partial charge in [-0.1, -0.05) is 19.1 Å². The molecule has 2 N–H and O–H groups in total. The molecule has 2 aromatic carbocycles. The van der Waals surface area contributed by atoms with Gasteiger partial charge in [0.15, 0.2) is 5.82 Å². The highest BCUT2D eigenvalue weighted by Gasteiger charge is 2.40. The predicted molar refractivity (Wildman–Crippen MR) is 263 cm³/mol. The third kappa shape index (κ3) is 13.1. The number of benzene rings is 2. The van der Waals surface area contributed by atoms with Crippen molar-refractivity contribution in [1.29, 1.82) is 0 Å². The minimum Gasteiger partial charge on any atom is -0.491 e. The molecule has 71 heavy (non-hydrogen) atoms. The molecule has 3 aromatic heterocycles. The molecule has 2 fully saturated rings. The van der Waals surface area contributed by atoms with Gasteiger partial charge in [-0.15, -0.1) is 5.10 Å². The summed E-state index contributed by atoms with van der Waals surface area (Å²) in [5.74, 6) is 0.372. The molecule has 0 radical (unpaired) electrons. The van der Waals surface area contributed by atoms with Crippen molar-refractivity contribution in [3.8, 4) is 17.4 Å². The lowest BCUT2D eigenvalue weighted by Crippen LogP contribution is -2.41. The van der Waals surface area contributed by atoms with Crippen LogP contribution in [0, 0.1) is 12.8 Å². The Balaban J connectivity index is 0.836. The summed E-state index contributed by atoms with van der Waals surface area (Å²) in [7, 11) is -6.38. The Morgan fingerprint density at radius 3 is 2.14 bits per heavy atom. The molecule has 2 aliphatic rings. The monoisotopic (exact) mass is 1020 g/mol. The van der Waals surface area contributed by atoms with E-state index in [1.165, 1.54) is 44.1 Å². The number of aromatic nitrogens is 5. The van der Waals surface area contributed by atoms with E-state index >= 15 is 0 Å². The summed E-state index contributed by atoms with van der Waals surface area (Å²) in [6, 6.07) is 18.3. The molecule has 2 amide bonds. The summed E-state index contributed by atoms with van der Waals surface area (Å²) in [6.07, 6.45) is 5.18. The first-order valence-corrected chi connectivity index (χ1v) is 26.4. The zero-order valence-electron chi connectivity index (χ0n) is 41.4. The maximum absolute atomic E-state index is 13.7. The maximum atomic E-state index is 13.7. The van der Waals surface area contributed by atoms with Crippen LogP contribution in [0.1, 0.15) is 98.7 Å². The molecule has 0 unspecified atom stereocenters. The second kappa shape index (κ2) is 21.6. The number of nitrogens with one attached hydrogen (secondary N) is 2. The van der Waals surface area contributed by atoms with Crippen LogP contribution < -0.4 is 24.4 Å². The Bertz CT molecular complexity index is 2920. The molecule has 382 valence electrons. The van der Waals surface area contributed by atoms with Crippen molar-refractivity contribution in [3.63, 3.8) is 0 Å². The number of carbonyl (C=O) groups excluding carboxylic acids is 3. The highest BCUT2D eigenvalue weighted by Crippen LogP contribution is 2.38. The summed E-state index contributed by atoms with van der Waals surface area (Å²) < 4.78 is 82.7. The summed E-state index contributed by atoms with van der Waals surface area (Å²) in [5, 5.41) is 11.1. The van der Waals surface area contributed by atoms with Crippen LogP contribution in [0.2, 0.25) is 0 Å². The van der Waals surface area contributed by atoms with Crippen molar-refractivity contribution >= 4 is 43.6 Å². The van der Waals surface area contributed by atoms with E-state index in [9.17, 15) is 31.2 Å². The number of amides is 2. The van der Waals surface area contributed by atoms with Gasteiger partial charge in [-0.3, -0.25) is 19.1 Å². The van der Waals surface area contributed by atoms with E-state index in [1.54, 1.807) is 59.1 Å². The van der Waals surface area contributed by atoms with E-state index in [0.29, 0.717) is 74.9 Å². The molecule has 0 spiro atoms. The number of nitrogens with zero attached hydrogens (tertiary/aromatic N) is 7. The average Bonchev–Trinajstić information content (AvgIpc) is 4.02. The van der Waals surface area contributed by atoms with Crippen LogP contribution in [0.4, 0.5) is 5.82 Å². The number of sulfonamides is 2. The van der Waals surface area contributed by atoms with Gasteiger partial charge in [0, 0.05) is 56.2 Å². The number of hydrogen-bond acceptors (Lipinski definition) is 15. The summed E-state index contributed by atoms with van der Waals surface area (Å²) in [6.45, 7) is 15.2. The van der Waals surface area contributed by atoms with Crippen molar-refractivity contribution in [3.05, 3.63) is 102 Å². The summed E-state index contributed by atoms with van der Waals surface area (Å²) >= 11 is 0. The van der Waals surface area contributed by atoms with Gasteiger partial charge in [-0.25, -0.2) is 31.2 Å². The maximum Gasteiger partial charge on any atom is 0.325 e. The standard InChI is InChI=1S/C49H63N9O11S2/c1-33-29-49(6,7)57(31-33)45-40(47(61)54-70(62,63)41-32-55(8)52-34(41)2)17-18-42(51-45)58-24-21-43(53-58)68-28-26-66-25-27-67-38-13-9-35(10-14-38)36-19-22-56(23-20-36)71(64,65)39-15-11-37(12-16-39)46(60)50-30-44(59)69-48(3,4)5/h9-18,21,24,32-33,36H,19-20,22-23,25-31H2,1-8H3,(H,50,60)(H,54,61)/t33-/m0/s1. The number of carbonyl (C=O) groups is 3. The number of hydrogen-bond donors (Lipinski definition) is 2. The number of aryl methyl sites for hydroxylation is 2. The van der Waals surface area contributed by atoms with Crippen LogP contribution in [-0.4, -0.2) is 127 Å². The lowest BCUT2D eigenvalue weighted by atomic mass is 9.90. The molecule has 22 heteroatoms. The Morgan fingerprint density at radius 1 is 0.845 bits per heavy atom. The van der Waals surface area contributed by atoms with Crippen LogP contribution in [0.3, 0.4) is 0 Å². The van der Waals surface area contributed by atoms with Crippen molar-refractivity contribution in [2.45, 2.75) is 94.6 Å². The smallest absolute Gasteiger partial charge is 0.325 e. The molecule has 0 bridgehead atoms. The lowest BCUT2D eigenvalue weighted by Gasteiger charge is -2.34. The topological polar surface area (TPSA) is 235 Å². The molecule has 0 aliphatic carbocycles. The number of esters is 1. The minimum atomic E-state index is -4.22. The van der Waals surface area contributed by atoms with Gasteiger partial charge in [0.1, 0.15) is 41.8 Å². The van der Waals surface area contributed by atoms with E-state index in [2.05, 4.69) is 41.0 Å². The number of rotatable bonds is 19. The third-order valence-electron chi connectivity index (χ3n) is 12.1. The van der Waals surface area contributed by atoms with Gasteiger partial charge in [-0.2, -0.15) is 9.40 Å². The van der Waals surface area contributed by atoms with E-state index in [4.69, 9.17) is 23.9 Å². The van der Waals surface area contributed by atoms with Crippen molar-refractivity contribution in [1.82, 2.24) is 38.9 Å². The van der Waals surface area contributed by atoms with Gasteiger partial charge in [-0.05, 0) is 127 Å². The molecule has 2 saturated heterocycles. The van der Waals surface area contributed by atoms with Gasteiger partial charge >= 0.3 is 5.97 Å². The second-order valence-corrected chi connectivity index (χ2v) is 23.0. The fourth-order valence-corrected chi connectivity index (χ4v) is 11.5. The number of anilines is 1. The molecule has 7 rings (SSSR count). The zero-order chi connectivity index (χ0) is 51.3. The molecular weight excluding hydrogens is 955 g/mol. The van der Waals surface area contributed by atoms with Gasteiger partial charge in [0.05, 0.1) is 29.4 Å². The van der Waals surface area contributed by atoms with Crippen LogP contribution in [0.15, 0.2) is 88.9 Å². The predicted octanol–water partition coefficient (Wildman–Crippen LogP) is 5.17. The quantitative estimate of drug-likeness (QED) is 0.0803. The van der Waals surface area contributed by atoms with E-state index in [-0.39, 0.29) is 57.8 Å². The SMILES string of the molecule is Cc1nn(C)cc1S(=O)(=O)NC(=O)c1ccc(-n2ccc(OCCOCCOc3ccc(C4CCN(S(=O)(=O)c5ccc(C(=O)NCC(=O)OC(C)(C)C)cc5)CC4)cc3)n2)nc1N1C[C@@H](C)CC1(C)C. The summed E-state index contributed by atoms with van der Waals surface area (Å²) in [4.78, 5) is 45.1. The zero-order valence-corrected chi connectivity index (χ0v) is 43.0. The minimum absolute atomic E-state index is 0.0842. The Hall–Kier alpha value is -6.36. The van der Waals surface area contributed by atoms with E-state index < -0.39 is 43.4 Å². The number of ether oxygens (including phenoxy) is 4. The third-order valence-corrected chi connectivity index (χ3v) is 15.4. The second-order valence-electron chi connectivity index (χ2n) is 19.4. The van der Waals surface area contributed by atoms with Crippen LogP contribution in [0.5, 0.6) is 11.6 Å². The van der Waals surface area contributed by atoms with Crippen LogP contribution in [0.25, 0.3) is 5.82 Å². The van der Waals surface area contributed by atoms with Crippen LogP contribution in [-0.2, 0) is 41.4 Å². The molecule has 1 atom stereocenters. The van der Waals surface area contributed by atoms with Gasteiger partial charge < -0.3 is 29.2 Å². The van der Waals surface area contributed by atoms with Crippen molar-refractivity contribution in [2.24, 2.45) is 13.0 Å². The average molecular weight is 1020 g/mol. The first kappa shape index (κ1) is 52.5. The normalized spacial score (nSPS) is 16.7. The summed E-state index contributed by atoms with van der Waals surface area (Å²) in [5.41, 5.74) is 0.669. The lowest BCUT2D eigenvalue weighted by molar-refractivity contribution is -0.153. The van der Waals surface area contributed by atoms with Crippen LogP contribution >= 0.6 is 0 Å². The first-order valence-electron chi connectivity index (χ1n) is 23.4. The Kier molecular flexibility index (Phi) is 15.9. The first-order chi connectivity index (χ1) is 33.5. The Labute approximate surface area is 415 Å². The molecular formula is C49H63N9O11S2. The molecule has 2 aliphatic heterocycles.